The minimum atomic E-state index is -3.48. The molecular weight excluding hydrogens is 446 g/mol. The predicted molar refractivity (Wildman–Crippen MR) is 127 cm³/mol. The van der Waals surface area contributed by atoms with E-state index >= 15 is 0 Å². The van der Waals surface area contributed by atoms with Gasteiger partial charge in [-0.05, 0) is 48.7 Å². The first-order chi connectivity index (χ1) is 15.2. The van der Waals surface area contributed by atoms with Gasteiger partial charge in [-0.15, -0.1) is 0 Å². The molecule has 1 atom stereocenters. The minimum absolute atomic E-state index is 0.0577. The number of halogens is 1. The van der Waals surface area contributed by atoms with Crippen molar-refractivity contribution in [3.8, 4) is 5.75 Å². The Morgan fingerprint density at radius 1 is 1.03 bits per heavy atom. The lowest BCUT2D eigenvalue weighted by Crippen LogP contribution is -2.39. The number of amides is 1. The smallest absolute Gasteiger partial charge is 0.255 e. The van der Waals surface area contributed by atoms with Gasteiger partial charge in [0.1, 0.15) is 5.75 Å². The molecule has 3 rings (SSSR count). The molecule has 0 N–H and O–H groups in total. The minimum Gasteiger partial charge on any atom is -0.496 e. The maximum Gasteiger partial charge on any atom is 0.255 e. The molecule has 0 bridgehead atoms. The maximum atomic E-state index is 13.7. The summed E-state index contributed by atoms with van der Waals surface area (Å²) in [5.41, 5.74) is 2.10. The van der Waals surface area contributed by atoms with Gasteiger partial charge in [0.2, 0.25) is 0 Å². The highest BCUT2D eigenvalue weighted by atomic mass is 35.5. The molecule has 0 aliphatic heterocycles. The summed E-state index contributed by atoms with van der Waals surface area (Å²) in [4.78, 5) is 15.4. The first-order valence-corrected chi connectivity index (χ1v) is 12.4. The zero-order chi connectivity index (χ0) is 23.3. The van der Waals surface area contributed by atoms with Crippen molar-refractivity contribution in [1.82, 2.24) is 4.90 Å². The second kappa shape index (κ2) is 10.2. The van der Waals surface area contributed by atoms with E-state index < -0.39 is 9.84 Å². The third-order valence-electron chi connectivity index (χ3n) is 5.29. The zero-order valence-electron chi connectivity index (χ0n) is 18.3. The largest absolute Gasteiger partial charge is 0.496 e. The number of ether oxygens (including phenoxy) is 1. The third-order valence-corrected chi connectivity index (χ3v) is 6.73. The SMILES string of the molecule is COc1ccccc1CC(C)N(Cc1ccccc1)C(=O)c1cc(S(C)(=O)=O)ccc1Cl. The fraction of sp³-hybridized carbons (Fsp3) is 0.240. The molecule has 1 unspecified atom stereocenters. The van der Waals surface area contributed by atoms with Crippen molar-refractivity contribution >= 4 is 27.3 Å². The van der Waals surface area contributed by atoms with Gasteiger partial charge in [0.15, 0.2) is 9.84 Å². The van der Waals surface area contributed by atoms with Crippen molar-refractivity contribution < 1.29 is 17.9 Å². The Labute approximate surface area is 194 Å². The quantitative estimate of drug-likeness (QED) is 0.462. The van der Waals surface area contributed by atoms with Crippen molar-refractivity contribution in [3.63, 3.8) is 0 Å². The molecule has 0 aromatic heterocycles. The lowest BCUT2D eigenvalue weighted by Gasteiger charge is -2.30. The van der Waals surface area contributed by atoms with Crippen molar-refractivity contribution in [2.24, 2.45) is 0 Å². The number of sulfone groups is 1. The van der Waals surface area contributed by atoms with Gasteiger partial charge in [0.05, 0.1) is 22.6 Å². The van der Waals surface area contributed by atoms with Crippen LogP contribution in [0.15, 0.2) is 77.7 Å². The van der Waals surface area contributed by atoms with Crippen LogP contribution in [0.4, 0.5) is 0 Å². The summed E-state index contributed by atoms with van der Waals surface area (Å²) in [6.07, 6.45) is 1.67. The van der Waals surface area contributed by atoms with Crippen LogP contribution in [0.1, 0.15) is 28.4 Å². The Bertz CT molecular complexity index is 1200. The number of hydrogen-bond donors (Lipinski definition) is 0. The van der Waals surface area contributed by atoms with Gasteiger partial charge < -0.3 is 9.64 Å². The number of nitrogens with zero attached hydrogens (tertiary/aromatic N) is 1. The Kier molecular flexibility index (Phi) is 7.59. The molecule has 1 amide bonds. The van der Waals surface area contributed by atoms with Gasteiger partial charge in [-0.3, -0.25) is 4.79 Å². The molecule has 0 aliphatic rings. The van der Waals surface area contributed by atoms with Gasteiger partial charge in [-0.25, -0.2) is 8.42 Å². The van der Waals surface area contributed by atoms with E-state index in [1.165, 1.54) is 18.2 Å². The van der Waals surface area contributed by atoms with E-state index in [1.807, 2.05) is 61.5 Å². The van der Waals surface area contributed by atoms with Crippen molar-refractivity contribution in [2.75, 3.05) is 13.4 Å². The molecule has 0 saturated heterocycles. The van der Waals surface area contributed by atoms with Crippen molar-refractivity contribution in [2.45, 2.75) is 30.8 Å². The summed E-state index contributed by atoms with van der Waals surface area (Å²) < 4.78 is 29.6. The molecule has 0 spiro atoms. The summed E-state index contributed by atoms with van der Waals surface area (Å²) in [6.45, 7) is 2.32. The van der Waals surface area contributed by atoms with Crippen LogP contribution < -0.4 is 4.74 Å². The Balaban J connectivity index is 2.00. The lowest BCUT2D eigenvalue weighted by molar-refractivity contribution is 0.0674. The summed E-state index contributed by atoms with van der Waals surface area (Å²) in [5.74, 6) is 0.426. The average Bonchev–Trinajstić information content (AvgIpc) is 2.77. The van der Waals surface area contributed by atoms with E-state index in [-0.39, 0.29) is 27.4 Å². The molecule has 7 heteroatoms. The van der Waals surface area contributed by atoms with Gasteiger partial charge >= 0.3 is 0 Å². The second-order valence-corrected chi connectivity index (χ2v) is 10.1. The Morgan fingerprint density at radius 2 is 1.69 bits per heavy atom. The number of rotatable bonds is 8. The molecule has 168 valence electrons. The van der Waals surface area contributed by atoms with Crippen LogP contribution in [0.3, 0.4) is 0 Å². The van der Waals surface area contributed by atoms with Gasteiger partial charge in [-0.1, -0.05) is 60.1 Å². The number of benzene rings is 3. The van der Waals surface area contributed by atoms with Crippen molar-refractivity contribution in [3.05, 3.63) is 94.5 Å². The van der Waals surface area contributed by atoms with E-state index in [9.17, 15) is 13.2 Å². The molecule has 0 radical (unpaired) electrons. The molecular formula is C25H26ClNO4S. The third kappa shape index (κ3) is 5.69. The lowest BCUT2D eigenvalue weighted by atomic mass is 10.0. The topological polar surface area (TPSA) is 63.7 Å². The average molecular weight is 472 g/mol. The van der Waals surface area contributed by atoms with Crippen LogP contribution in [0.25, 0.3) is 0 Å². The number of methoxy groups -OCH3 is 1. The molecule has 0 heterocycles. The molecule has 0 fully saturated rings. The van der Waals surface area contributed by atoms with Gasteiger partial charge in [0.25, 0.3) is 5.91 Å². The maximum absolute atomic E-state index is 13.7. The standard InChI is InChI=1S/C25H26ClNO4S/c1-18(15-20-11-7-8-12-24(20)31-2)27(17-19-9-5-4-6-10-19)25(28)22-16-21(32(3,29)30)13-14-23(22)26/h4-14,16,18H,15,17H2,1-3H3. The van der Waals surface area contributed by atoms with Crippen LogP contribution in [-0.2, 0) is 22.8 Å². The number of carbonyl (C=O) groups excluding carboxylic acids is 1. The van der Waals surface area contributed by atoms with E-state index in [4.69, 9.17) is 16.3 Å². The van der Waals surface area contributed by atoms with Crippen LogP contribution in [0.5, 0.6) is 5.75 Å². The summed E-state index contributed by atoms with van der Waals surface area (Å²) in [7, 11) is -1.87. The van der Waals surface area contributed by atoms with Crippen LogP contribution in [0.2, 0.25) is 5.02 Å². The summed E-state index contributed by atoms with van der Waals surface area (Å²) >= 11 is 6.34. The second-order valence-electron chi connectivity index (χ2n) is 7.70. The molecule has 5 nitrogen and oxygen atoms in total. The normalized spacial score (nSPS) is 12.2. The van der Waals surface area contributed by atoms with Crippen LogP contribution >= 0.6 is 11.6 Å². The predicted octanol–water partition coefficient (Wildman–Crippen LogP) is 5.03. The summed E-state index contributed by atoms with van der Waals surface area (Å²) in [6, 6.07) is 21.3. The van der Waals surface area contributed by atoms with E-state index in [1.54, 1.807) is 12.0 Å². The highest BCUT2D eigenvalue weighted by Crippen LogP contribution is 2.26. The number of carbonyl (C=O) groups is 1. The fourth-order valence-electron chi connectivity index (χ4n) is 3.56. The van der Waals surface area contributed by atoms with E-state index in [0.717, 1.165) is 23.1 Å². The van der Waals surface area contributed by atoms with E-state index in [2.05, 4.69) is 0 Å². The molecule has 32 heavy (non-hydrogen) atoms. The molecule has 0 aliphatic carbocycles. The highest BCUT2D eigenvalue weighted by molar-refractivity contribution is 7.90. The van der Waals surface area contributed by atoms with Gasteiger partial charge in [-0.2, -0.15) is 0 Å². The fourth-order valence-corrected chi connectivity index (χ4v) is 4.41. The van der Waals surface area contributed by atoms with E-state index in [0.29, 0.717) is 13.0 Å². The first-order valence-electron chi connectivity index (χ1n) is 10.2. The number of hydrogen-bond acceptors (Lipinski definition) is 4. The first kappa shape index (κ1) is 23.8. The van der Waals surface area contributed by atoms with Crippen LogP contribution in [-0.4, -0.2) is 38.6 Å². The molecule has 0 saturated carbocycles. The Morgan fingerprint density at radius 3 is 2.34 bits per heavy atom. The molecule has 3 aromatic rings. The summed E-state index contributed by atoms with van der Waals surface area (Å²) in [5, 5.41) is 0.213. The van der Waals surface area contributed by atoms with Gasteiger partial charge in [0, 0.05) is 18.8 Å². The zero-order valence-corrected chi connectivity index (χ0v) is 19.9. The van der Waals surface area contributed by atoms with Crippen LogP contribution in [0, 0.1) is 0 Å². The van der Waals surface area contributed by atoms with Crippen molar-refractivity contribution in [1.29, 1.82) is 0 Å². The monoisotopic (exact) mass is 471 g/mol. The number of para-hydroxylation sites is 1. The Hall–Kier alpha value is -2.83. The molecule has 3 aromatic carbocycles. The highest BCUT2D eigenvalue weighted by Gasteiger charge is 2.26.